The lowest BCUT2D eigenvalue weighted by atomic mass is 9.73. The number of carboxylic acids is 1. The highest BCUT2D eigenvalue weighted by atomic mass is 16.4. The number of hydrogen-bond acceptors (Lipinski definition) is 2. The van der Waals surface area contributed by atoms with Gasteiger partial charge in [-0.05, 0) is 31.2 Å². The van der Waals surface area contributed by atoms with E-state index in [2.05, 4.69) is 5.32 Å². The smallest absolute Gasteiger partial charge is 0.320 e. The summed E-state index contributed by atoms with van der Waals surface area (Å²) in [6.45, 7) is 0.875. The van der Waals surface area contributed by atoms with Gasteiger partial charge in [0.05, 0.1) is 0 Å². The van der Waals surface area contributed by atoms with Crippen molar-refractivity contribution in [2.75, 3.05) is 6.54 Å². The SMILES string of the molecule is O=C(O)[C@@H]1NCCC[C@H]1C1CCCCC1. The Hall–Kier alpha value is -0.570. The lowest BCUT2D eigenvalue weighted by Crippen LogP contribution is -2.49. The molecule has 0 spiro atoms. The second kappa shape index (κ2) is 4.97. The molecule has 2 rings (SSSR count). The van der Waals surface area contributed by atoms with Crippen LogP contribution in [0.15, 0.2) is 0 Å². The molecule has 2 aliphatic rings. The minimum absolute atomic E-state index is 0.276. The molecule has 2 N–H and O–H groups in total. The molecule has 0 radical (unpaired) electrons. The quantitative estimate of drug-likeness (QED) is 0.734. The van der Waals surface area contributed by atoms with Crippen LogP contribution in [0.25, 0.3) is 0 Å². The molecule has 86 valence electrons. The molecule has 3 heteroatoms. The summed E-state index contributed by atoms with van der Waals surface area (Å²) >= 11 is 0. The number of aliphatic carboxylic acids is 1. The second-order valence-electron chi connectivity index (χ2n) is 4.97. The van der Waals surface area contributed by atoms with Gasteiger partial charge in [0.1, 0.15) is 6.04 Å². The molecule has 1 saturated carbocycles. The normalized spacial score (nSPS) is 33.9. The molecule has 15 heavy (non-hydrogen) atoms. The van der Waals surface area contributed by atoms with Crippen LogP contribution in [-0.2, 0) is 4.79 Å². The number of piperidine rings is 1. The molecule has 0 unspecified atom stereocenters. The van der Waals surface area contributed by atoms with E-state index >= 15 is 0 Å². The van der Waals surface area contributed by atoms with Gasteiger partial charge in [-0.1, -0.05) is 32.1 Å². The van der Waals surface area contributed by atoms with Crippen LogP contribution in [0.1, 0.15) is 44.9 Å². The van der Waals surface area contributed by atoms with Crippen LogP contribution in [0.4, 0.5) is 0 Å². The Kier molecular flexibility index (Phi) is 3.62. The van der Waals surface area contributed by atoms with Crippen LogP contribution in [0.3, 0.4) is 0 Å². The summed E-state index contributed by atoms with van der Waals surface area (Å²) in [5, 5.41) is 12.3. The lowest BCUT2D eigenvalue weighted by molar-refractivity contribution is -0.142. The maximum Gasteiger partial charge on any atom is 0.320 e. The van der Waals surface area contributed by atoms with Gasteiger partial charge >= 0.3 is 5.97 Å². The Morgan fingerprint density at radius 3 is 2.47 bits per heavy atom. The third-order valence-corrected chi connectivity index (χ3v) is 4.03. The summed E-state index contributed by atoms with van der Waals surface area (Å²) < 4.78 is 0. The number of carbonyl (C=O) groups is 1. The summed E-state index contributed by atoms with van der Waals surface area (Å²) in [6, 6.07) is -0.276. The molecule has 0 bridgehead atoms. The van der Waals surface area contributed by atoms with Crippen molar-refractivity contribution in [3.8, 4) is 0 Å². The Labute approximate surface area is 91.2 Å². The van der Waals surface area contributed by atoms with Gasteiger partial charge in [-0.15, -0.1) is 0 Å². The summed E-state index contributed by atoms with van der Waals surface area (Å²) in [7, 11) is 0. The van der Waals surface area contributed by atoms with E-state index in [4.69, 9.17) is 0 Å². The van der Waals surface area contributed by atoms with E-state index in [-0.39, 0.29) is 6.04 Å². The Balaban J connectivity index is 1.99. The van der Waals surface area contributed by atoms with Crippen molar-refractivity contribution in [3.05, 3.63) is 0 Å². The molecule has 2 atom stereocenters. The summed E-state index contributed by atoms with van der Waals surface area (Å²) in [5.74, 6) is 0.398. The topological polar surface area (TPSA) is 49.3 Å². The van der Waals surface area contributed by atoms with Crippen molar-refractivity contribution in [1.29, 1.82) is 0 Å². The Morgan fingerprint density at radius 1 is 1.07 bits per heavy atom. The fourth-order valence-electron chi connectivity index (χ4n) is 3.25. The molecule has 0 amide bonds. The zero-order valence-corrected chi connectivity index (χ0v) is 9.24. The van der Waals surface area contributed by atoms with Crippen molar-refractivity contribution >= 4 is 5.97 Å². The van der Waals surface area contributed by atoms with Crippen LogP contribution >= 0.6 is 0 Å². The fourth-order valence-corrected chi connectivity index (χ4v) is 3.25. The van der Waals surface area contributed by atoms with Crippen LogP contribution in [0.5, 0.6) is 0 Å². The summed E-state index contributed by atoms with van der Waals surface area (Å²) in [5.41, 5.74) is 0. The Bertz CT molecular complexity index is 224. The second-order valence-corrected chi connectivity index (χ2v) is 4.97. The largest absolute Gasteiger partial charge is 0.480 e. The Morgan fingerprint density at radius 2 is 1.80 bits per heavy atom. The molecule has 1 aliphatic heterocycles. The third kappa shape index (κ3) is 2.51. The maximum atomic E-state index is 11.1. The van der Waals surface area contributed by atoms with E-state index in [1.165, 1.54) is 32.1 Å². The zero-order chi connectivity index (χ0) is 10.7. The first-order chi connectivity index (χ1) is 7.29. The van der Waals surface area contributed by atoms with Crippen molar-refractivity contribution in [2.45, 2.75) is 51.0 Å². The zero-order valence-electron chi connectivity index (χ0n) is 9.24. The number of nitrogens with one attached hydrogen (secondary N) is 1. The molecule has 2 fully saturated rings. The van der Waals surface area contributed by atoms with Gasteiger partial charge in [-0.2, -0.15) is 0 Å². The van der Waals surface area contributed by atoms with Gasteiger partial charge in [0.2, 0.25) is 0 Å². The molecule has 1 saturated heterocycles. The van der Waals surface area contributed by atoms with Gasteiger partial charge in [-0.25, -0.2) is 0 Å². The average Bonchev–Trinajstić information content (AvgIpc) is 2.30. The van der Waals surface area contributed by atoms with Gasteiger partial charge < -0.3 is 10.4 Å². The van der Waals surface area contributed by atoms with E-state index in [9.17, 15) is 9.90 Å². The highest BCUT2D eigenvalue weighted by Crippen LogP contribution is 2.35. The van der Waals surface area contributed by atoms with E-state index in [1.807, 2.05) is 0 Å². The lowest BCUT2D eigenvalue weighted by Gasteiger charge is -2.37. The number of hydrogen-bond donors (Lipinski definition) is 2. The van der Waals surface area contributed by atoms with Crippen molar-refractivity contribution in [1.82, 2.24) is 5.32 Å². The summed E-state index contributed by atoms with van der Waals surface area (Å²) in [4.78, 5) is 11.1. The molecule has 3 nitrogen and oxygen atoms in total. The minimum atomic E-state index is -0.648. The third-order valence-electron chi connectivity index (χ3n) is 4.03. The molecule has 1 heterocycles. The fraction of sp³-hybridized carbons (Fsp3) is 0.917. The van der Waals surface area contributed by atoms with Crippen LogP contribution in [0.2, 0.25) is 0 Å². The maximum absolute atomic E-state index is 11.1. The monoisotopic (exact) mass is 211 g/mol. The van der Waals surface area contributed by atoms with Gasteiger partial charge in [0, 0.05) is 0 Å². The highest BCUT2D eigenvalue weighted by molar-refractivity contribution is 5.74. The van der Waals surface area contributed by atoms with E-state index in [1.54, 1.807) is 0 Å². The predicted octanol–water partition coefficient (Wildman–Crippen LogP) is 2.02. The minimum Gasteiger partial charge on any atom is -0.480 e. The average molecular weight is 211 g/mol. The first kappa shape index (κ1) is 10.9. The summed E-state index contributed by atoms with van der Waals surface area (Å²) in [6.07, 6.45) is 8.68. The van der Waals surface area contributed by atoms with Crippen molar-refractivity contribution < 1.29 is 9.90 Å². The van der Waals surface area contributed by atoms with E-state index in [0.29, 0.717) is 11.8 Å². The molecular weight excluding hydrogens is 190 g/mol. The van der Waals surface area contributed by atoms with Crippen molar-refractivity contribution in [3.63, 3.8) is 0 Å². The number of rotatable bonds is 2. The molecule has 0 aromatic heterocycles. The predicted molar refractivity (Wildman–Crippen MR) is 58.7 cm³/mol. The van der Waals surface area contributed by atoms with Crippen LogP contribution < -0.4 is 5.32 Å². The molecule has 1 aliphatic carbocycles. The van der Waals surface area contributed by atoms with Gasteiger partial charge in [0.15, 0.2) is 0 Å². The van der Waals surface area contributed by atoms with Crippen molar-refractivity contribution in [2.24, 2.45) is 11.8 Å². The standard InChI is InChI=1S/C12H21NO2/c14-12(15)11-10(7-4-8-13-11)9-5-2-1-3-6-9/h9-11,13H,1-8H2,(H,14,15)/t10-,11+/m0/s1. The number of carboxylic acid groups (broad SMARTS) is 1. The highest BCUT2D eigenvalue weighted by Gasteiger charge is 2.36. The first-order valence-corrected chi connectivity index (χ1v) is 6.25. The van der Waals surface area contributed by atoms with Gasteiger partial charge in [-0.3, -0.25) is 4.79 Å². The molecule has 0 aromatic rings. The van der Waals surface area contributed by atoms with E-state index < -0.39 is 5.97 Å². The molecular formula is C12H21NO2. The van der Waals surface area contributed by atoms with E-state index in [0.717, 1.165) is 19.4 Å². The van der Waals surface area contributed by atoms with Gasteiger partial charge in [0.25, 0.3) is 0 Å². The molecule has 0 aromatic carbocycles. The van der Waals surface area contributed by atoms with Crippen LogP contribution in [-0.4, -0.2) is 23.7 Å². The van der Waals surface area contributed by atoms with Crippen LogP contribution in [0, 0.1) is 11.8 Å². The first-order valence-electron chi connectivity index (χ1n) is 6.25.